The van der Waals surface area contributed by atoms with E-state index in [2.05, 4.69) is 24.1 Å². The Balaban J connectivity index is 2.28. The highest BCUT2D eigenvalue weighted by atomic mass is 14.9. The van der Waals surface area contributed by atoms with Gasteiger partial charge in [0.05, 0.1) is 0 Å². The fourth-order valence-electron chi connectivity index (χ4n) is 1.68. The van der Waals surface area contributed by atoms with Crippen molar-refractivity contribution in [1.29, 1.82) is 0 Å². The summed E-state index contributed by atoms with van der Waals surface area (Å²) in [7, 11) is 0. The molecule has 0 saturated heterocycles. The molecule has 0 bridgehead atoms. The third-order valence-corrected chi connectivity index (χ3v) is 2.82. The van der Waals surface area contributed by atoms with Gasteiger partial charge in [0.2, 0.25) is 0 Å². The minimum absolute atomic E-state index is 0.804. The van der Waals surface area contributed by atoms with Crippen LogP contribution in [0.5, 0.6) is 0 Å². The molecule has 15 heavy (non-hydrogen) atoms. The van der Waals surface area contributed by atoms with Crippen LogP contribution in [0.15, 0.2) is 24.5 Å². The standard InChI is InChI=1S/C13H22N2/c1-3-5-6-12(4-2)11-15-13-7-9-14-10-8-13/h7-10,12H,3-6,11H2,1-2H3,(H,14,15)/t12-/m0/s1. The van der Waals surface area contributed by atoms with Crippen LogP contribution in [-0.2, 0) is 0 Å². The first-order valence-corrected chi connectivity index (χ1v) is 6.00. The molecule has 0 saturated carbocycles. The summed E-state index contributed by atoms with van der Waals surface area (Å²) in [5, 5.41) is 3.46. The smallest absolute Gasteiger partial charge is 0.0371 e. The molecular formula is C13H22N2. The monoisotopic (exact) mass is 206 g/mol. The van der Waals surface area contributed by atoms with Crippen LogP contribution in [0, 0.1) is 5.92 Å². The number of nitrogens with zero attached hydrogens (tertiary/aromatic N) is 1. The van der Waals surface area contributed by atoms with Crippen molar-refractivity contribution in [1.82, 2.24) is 4.98 Å². The zero-order valence-electron chi connectivity index (χ0n) is 9.87. The van der Waals surface area contributed by atoms with Crippen LogP contribution in [0.25, 0.3) is 0 Å². The predicted molar refractivity (Wildman–Crippen MR) is 66.0 cm³/mol. The number of hydrogen-bond donors (Lipinski definition) is 1. The number of nitrogens with one attached hydrogen (secondary N) is 1. The summed E-state index contributed by atoms with van der Waals surface area (Å²) in [5.41, 5.74) is 1.18. The lowest BCUT2D eigenvalue weighted by Crippen LogP contribution is -2.13. The average Bonchev–Trinajstić information content (AvgIpc) is 2.31. The van der Waals surface area contributed by atoms with Crippen molar-refractivity contribution < 1.29 is 0 Å². The van der Waals surface area contributed by atoms with Crippen molar-refractivity contribution in [2.45, 2.75) is 39.5 Å². The summed E-state index contributed by atoms with van der Waals surface area (Å²) >= 11 is 0. The quantitative estimate of drug-likeness (QED) is 0.735. The first kappa shape index (κ1) is 12.0. The van der Waals surface area contributed by atoms with Crippen LogP contribution in [-0.4, -0.2) is 11.5 Å². The van der Waals surface area contributed by atoms with Gasteiger partial charge in [-0.3, -0.25) is 4.98 Å². The summed E-state index contributed by atoms with van der Waals surface area (Å²) in [4.78, 5) is 4.00. The van der Waals surface area contributed by atoms with E-state index in [0.29, 0.717) is 0 Å². The van der Waals surface area contributed by atoms with Gasteiger partial charge in [-0.1, -0.05) is 33.1 Å². The van der Waals surface area contributed by atoms with Gasteiger partial charge in [0.15, 0.2) is 0 Å². The van der Waals surface area contributed by atoms with Crippen LogP contribution in [0.3, 0.4) is 0 Å². The lowest BCUT2D eigenvalue weighted by Gasteiger charge is -2.15. The normalized spacial score (nSPS) is 12.4. The topological polar surface area (TPSA) is 24.9 Å². The third kappa shape index (κ3) is 4.82. The first-order chi connectivity index (χ1) is 7.36. The van der Waals surface area contributed by atoms with Crippen LogP contribution in [0.1, 0.15) is 39.5 Å². The van der Waals surface area contributed by atoms with E-state index in [1.54, 1.807) is 0 Å². The zero-order valence-corrected chi connectivity index (χ0v) is 9.87. The number of rotatable bonds is 7. The van der Waals surface area contributed by atoms with Gasteiger partial charge in [0.1, 0.15) is 0 Å². The SMILES string of the molecule is CCCC[C@H](CC)CNc1ccncc1. The van der Waals surface area contributed by atoms with Gasteiger partial charge in [0.25, 0.3) is 0 Å². The van der Waals surface area contributed by atoms with Crippen molar-refractivity contribution in [2.75, 3.05) is 11.9 Å². The number of unbranched alkanes of at least 4 members (excludes halogenated alkanes) is 1. The van der Waals surface area contributed by atoms with Gasteiger partial charge < -0.3 is 5.32 Å². The molecule has 0 unspecified atom stereocenters. The molecule has 0 radical (unpaired) electrons. The maximum Gasteiger partial charge on any atom is 0.0371 e. The summed E-state index contributed by atoms with van der Waals surface area (Å²) in [6.07, 6.45) is 8.90. The Morgan fingerprint density at radius 3 is 2.60 bits per heavy atom. The number of hydrogen-bond acceptors (Lipinski definition) is 2. The van der Waals surface area contributed by atoms with Gasteiger partial charge in [-0.15, -0.1) is 0 Å². The van der Waals surface area contributed by atoms with E-state index in [9.17, 15) is 0 Å². The second-order valence-electron chi connectivity index (χ2n) is 4.03. The molecule has 1 heterocycles. The van der Waals surface area contributed by atoms with E-state index >= 15 is 0 Å². The fraction of sp³-hybridized carbons (Fsp3) is 0.615. The highest BCUT2D eigenvalue weighted by Crippen LogP contribution is 2.14. The highest BCUT2D eigenvalue weighted by Gasteiger charge is 2.04. The Morgan fingerprint density at radius 1 is 1.27 bits per heavy atom. The van der Waals surface area contributed by atoms with Gasteiger partial charge in [0, 0.05) is 24.6 Å². The molecular weight excluding hydrogens is 184 g/mol. The molecule has 1 atom stereocenters. The molecule has 1 aromatic rings. The van der Waals surface area contributed by atoms with E-state index in [-0.39, 0.29) is 0 Å². The van der Waals surface area contributed by atoms with E-state index in [4.69, 9.17) is 0 Å². The molecule has 0 aliphatic carbocycles. The summed E-state index contributed by atoms with van der Waals surface area (Å²) < 4.78 is 0. The summed E-state index contributed by atoms with van der Waals surface area (Å²) in [6, 6.07) is 4.04. The summed E-state index contributed by atoms with van der Waals surface area (Å²) in [6.45, 7) is 5.61. The van der Waals surface area contributed by atoms with Gasteiger partial charge in [-0.05, 0) is 24.5 Å². The van der Waals surface area contributed by atoms with E-state index in [1.165, 1.54) is 31.4 Å². The molecule has 0 aromatic carbocycles. The first-order valence-electron chi connectivity index (χ1n) is 6.00. The lowest BCUT2D eigenvalue weighted by atomic mass is 9.99. The molecule has 2 nitrogen and oxygen atoms in total. The molecule has 1 N–H and O–H groups in total. The number of anilines is 1. The molecule has 1 rings (SSSR count). The highest BCUT2D eigenvalue weighted by molar-refractivity contribution is 5.40. The van der Waals surface area contributed by atoms with Gasteiger partial charge in [-0.25, -0.2) is 0 Å². The second kappa shape index (κ2) is 7.27. The minimum Gasteiger partial charge on any atom is -0.385 e. The molecule has 0 aliphatic heterocycles. The van der Waals surface area contributed by atoms with Crippen LogP contribution in [0.4, 0.5) is 5.69 Å². The molecule has 2 heteroatoms. The lowest BCUT2D eigenvalue weighted by molar-refractivity contribution is 0.473. The van der Waals surface area contributed by atoms with Crippen LogP contribution < -0.4 is 5.32 Å². The Morgan fingerprint density at radius 2 is 2.00 bits per heavy atom. The van der Waals surface area contributed by atoms with Crippen molar-refractivity contribution >= 4 is 5.69 Å². The average molecular weight is 206 g/mol. The Kier molecular flexibility index (Phi) is 5.83. The number of aromatic nitrogens is 1. The summed E-state index contributed by atoms with van der Waals surface area (Å²) in [5.74, 6) is 0.804. The van der Waals surface area contributed by atoms with Crippen molar-refractivity contribution in [3.63, 3.8) is 0 Å². The van der Waals surface area contributed by atoms with Crippen molar-refractivity contribution in [3.05, 3.63) is 24.5 Å². The van der Waals surface area contributed by atoms with Crippen LogP contribution in [0.2, 0.25) is 0 Å². The Labute approximate surface area is 93.1 Å². The maximum atomic E-state index is 4.00. The maximum absolute atomic E-state index is 4.00. The van der Waals surface area contributed by atoms with Gasteiger partial charge in [-0.2, -0.15) is 0 Å². The number of pyridine rings is 1. The predicted octanol–water partition coefficient (Wildman–Crippen LogP) is 3.71. The molecule has 1 aromatic heterocycles. The second-order valence-corrected chi connectivity index (χ2v) is 4.03. The molecule has 84 valence electrons. The van der Waals surface area contributed by atoms with E-state index in [1.807, 2.05) is 24.5 Å². The largest absolute Gasteiger partial charge is 0.385 e. The van der Waals surface area contributed by atoms with Gasteiger partial charge >= 0.3 is 0 Å². The third-order valence-electron chi connectivity index (χ3n) is 2.82. The van der Waals surface area contributed by atoms with E-state index < -0.39 is 0 Å². The Bertz CT molecular complexity index is 246. The zero-order chi connectivity index (χ0) is 10.9. The van der Waals surface area contributed by atoms with Crippen LogP contribution >= 0.6 is 0 Å². The Hall–Kier alpha value is -1.05. The molecule has 0 fully saturated rings. The van der Waals surface area contributed by atoms with Crippen molar-refractivity contribution in [3.8, 4) is 0 Å². The molecule has 0 amide bonds. The fourth-order valence-corrected chi connectivity index (χ4v) is 1.68. The van der Waals surface area contributed by atoms with Crippen molar-refractivity contribution in [2.24, 2.45) is 5.92 Å². The van der Waals surface area contributed by atoms with E-state index in [0.717, 1.165) is 12.5 Å². The minimum atomic E-state index is 0.804. The molecule has 0 spiro atoms. The molecule has 0 aliphatic rings.